The van der Waals surface area contributed by atoms with Crippen molar-refractivity contribution in [3.63, 3.8) is 0 Å². The van der Waals surface area contributed by atoms with E-state index in [1.54, 1.807) is 0 Å². The highest BCUT2D eigenvalue weighted by atomic mass is 32.2. The van der Waals surface area contributed by atoms with E-state index >= 15 is 0 Å². The van der Waals surface area contributed by atoms with Gasteiger partial charge in [0.25, 0.3) is 0 Å². The van der Waals surface area contributed by atoms with Crippen LogP contribution in [0.5, 0.6) is 0 Å². The van der Waals surface area contributed by atoms with Gasteiger partial charge in [0.05, 0.1) is 11.9 Å². The first kappa shape index (κ1) is 9.00. The molecule has 0 amide bonds. The molecule has 4 heteroatoms. The molecule has 0 aromatic heterocycles. The minimum Gasteiger partial charge on any atom is -0.360 e. The van der Waals surface area contributed by atoms with Crippen molar-refractivity contribution in [3.8, 4) is 0 Å². The summed E-state index contributed by atoms with van der Waals surface area (Å²) >= 11 is 0. The summed E-state index contributed by atoms with van der Waals surface area (Å²) in [6, 6.07) is 0. The van der Waals surface area contributed by atoms with E-state index in [0.29, 0.717) is 12.2 Å². The van der Waals surface area contributed by atoms with E-state index in [-0.39, 0.29) is 6.10 Å². The highest BCUT2D eigenvalue weighted by Gasteiger charge is 2.32. The van der Waals surface area contributed by atoms with Crippen LogP contribution in [0.4, 0.5) is 0 Å². The van der Waals surface area contributed by atoms with E-state index < -0.39 is 15.3 Å². The average Bonchev–Trinajstić information content (AvgIpc) is 2.10. The summed E-state index contributed by atoms with van der Waals surface area (Å²) in [7, 11) is -2.90. The van der Waals surface area contributed by atoms with Gasteiger partial charge in [0.1, 0.15) is 0 Å². The number of sulfone groups is 1. The monoisotopic (exact) mass is 178 g/mol. The molecular formula is C7H14O3S. The number of ether oxygens (including phenoxy) is 1. The molecule has 0 bridgehead atoms. The van der Waals surface area contributed by atoms with Crippen LogP contribution in [-0.4, -0.2) is 25.7 Å². The zero-order valence-corrected chi connectivity index (χ0v) is 7.73. The lowest BCUT2D eigenvalue weighted by Gasteiger charge is -2.13. The van der Waals surface area contributed by atoms with Gasteiger partial charge >= 0.3 is 0 Å². The third kappa shape index (κ3) is 2.17. The Kier molecular flexibility index (Phi) is 2.54. The fourth-order valence-corrected chi connectivity index (χ4v) is 2.97. The molecule has 1 saturated heterocycles. The molecule has 1 aliphatic rings. The van der Waals surface area contributed by atoms with Crippen molar-refractivity contribution in [2.75, 3.05) is 5.75 Å². The molecule has 11 heavy (non-hydrogen) atoms. The molecule has 0 saturated carbocycles. The fourth-order valence-electron chi connectivity index (χ4n) is 1.22. The second kappa shape index (κ2) is 3.11. The maximum Gasteiger partial charge on any atom is 0.177 e. The van der Waals surface area contributed by atoms with Gasteiger partial charge < -0.3 is 4.74 Å². The normalized spacial score (nSPS) is 29.5. The summed E-state index contributed by atoms with van der Waals surface area (Å²) in [6.45, 7) is 3.71. The van der Waals surface area contributed by atoms with Crippen molar-refractivity contribution in [2.45, 2.75) is 38.2 Å². The van der Waals surface area contributed by atoms with Crippen LogP contribution in [0.15, 0.2) is 0 Å². The molecule has 1 rings (SSSR count). The number of hydrogen-bond acceptors (Lipinski definition) is 3. The van der Waals surface area contributed by atoms with Gasteiger partial charge in [0, 0.05) is 0 Å². The molecule has 0 aliphatic carbocycles. The van der Waals surface area contributed by atoms with Gasteiger partial charge in [-0.1, -0.05) is 0 Å². The topological polar surface area (TPSA) is 43.4 Å². The summed E-state index contributed by atoms with van der Waals surface area (Å²) in [5.74, 6) is 0.296. The summed E-state index contributed by atoms with van der Waals surface area (Å²) in [5, 5.41) is 0. The Morgan fingerprint density at radius 2 is 2.09 bits per heavy atom. The zero-order chi connectivity index (χ0) is 8.48. The second-order valence-corrected chi connectivity index (χ2v) is 5.38. The number of hydrogen-bond donors (Lipinski definition) is 0. The molecule has 1 heterocycles. The molecule has 0 aromatic carbocycles. The van der Waals surface area contributed by atoms with Crippen molar-refractivity contribution >= 4 is 9.84 Å². The van der Waals surface area contributed by atoms with E-state index in [4.69, 9.17) is 4.74 Å². The van der Waals surface area contributed by atoms with Crippen LogP contribution >= 0.6 is 0 Å². The predicted octanol–water partition coefficient (Wildman–Crippen LogP) is 0.946. The van der Waals surface area contributed by atoms with Crippen molar-refractivity contribution in [2.24, 2.45) is 0 Å². The van der Waals surface area contributed by atoms with Crippen molar-refractivity contribution < 1.29 is 13.2 Å². The Bertz CT molecular complexity index is 218. The predicted molar refractivity (Wildman–Crippen MR) is 43.0 cm³/mol. The Morgan fingerprint density at radius 3 is 2.45 bits per heavy atom. The molecule has 1 aliphatic heterocycles. The molecule has 0 N–H and O–H groups in total. The van der Waals surface area contributed by atoms with Crippen LogP contribution in [0.2, 0.25) is 0 Å². The number of rotatable bonds is 2. The van der Waals surface area contributed by atoms with Gasteiger partial charge in [-0.15, -0.1) is 0 Å². The Hall–Kier alpha value is -0.0900. The van der Waals surface area contributed by atoms with E-state index in [2.05, 4.69) is 0 Å². The van der Waals surface area contributed by atoms with Crippen LogP contribution in [-0.2, 0) is 14.6 Å². The molecule has 0 radical (unpaired) electrons. The minimum atomic E-state index is -2.90. The van der Waals surface area contributed by atoms with Gasteiger partial charge in [-0.2, -0.15) is 0 Å². The highest BCUT2D eigenvalue weighted by Crippen LogP contribution is 2.21. The van der Waals surface area contributed by atoms with E-state index in [9.17, 15) is 8.42 Å². The quantitative estimate of drug-likeness (QED) is 0.632. The van der Waals surface area contributed by atoms with Gasteiger partial charge in [-0.25, -0.2) is 8.42 Å². The Balaban J connectivity index is 2.59. The van der Waals surface area contributed by atoms with Gasteiger partial charge in [0.2, 0.25) is 0 Å². The molecule has 1 atom stereocenters. The summed E-state index contributed by atoms with van der Waals surface area (Å²) in [4.78, 5) is 0. The fraction of sp³-hybridized carbons (Fsp3) is 1.00. The van der Waals surface area contributed by atoms with E-state index in [1.807, 2.05) is 13.8 Å². The maximum absolute atomic E-state index is 11.2. The Labute approximate surface area is 67.7 Å². The standard InChI is InChI=1S/C7H14O3S/c1-6(2)10-7-4-3-5-11(7,8)9/h6-7H,3-5H2,1-2H3. The van der Waals surface area contributed by atoms with Crippen LogP contribution in [0.1, 0.15) is 26.7 Å². The molecule has 3 nitrogen and oxygen atoms in total. The molecule has 1 fully saturated rings. The first-order chi connectivity index (χ1) is 5.02. The highest BCUT2D eigenvalue weighted by molar-refractivity contribution is 7.92. The van der Waals surface area contributed by atoms with Gasteiger partial charge in [-0.05, 0) is 26.7 Å². The molecular weight excluding hydrogens is 164 g/mol. The third-order valence-electron chi connectivity index (χ3n) is 1.69. The SMILES string of the molecule is CC(C)OC1CCCS1(=O)=O. The van der Waals surface area contributed by atoms with E-state index in [1.165, 1.54) is 0 Å². The van der Waals surface area contributed by atoms with Crippen LogP contribution in [0, 0.1) is 0 Å². The van der Waals surface area contributed by atoms with Crippen molar-refractivity contribution in [1.82, 2.24) is 0 Å². The summed E-state index contributed by atoms with van der Waals surface area (Å²) in [5.41, 5.74) is -0.525. The lowest BCUT2D eigenvalue weighted by Crippen LogP contribution is -2.22. The Morgan fingerprint density at radius 1 is 1.45 bits per heavy atom. The second-order valence-electron chi connectivity index (χ2n) is 3.12. The van der Waals surface area contributed by atoms with Crippen molar-refractivity contribution in [3.05, 3.63) is 0 Å². The largest absolute Gasteiger partial charge is 0.360 e. The molecule has 1 unspecified atom stereocenters. The average molecular weight is 178 g/mol. The third-order valence-corrected chi connectivity index (χ3v) is 3.70. The van der Waals surface area contributed by atoms with Gasteiger partial charge in [-0.3, -0.25) is 0 Å². The molecule has 66 valence electrons. The summed E-state index contributed by atoms with van der Waals surface area (Å²) in [6.07, 6.45) is 1.42. The zero-order valence-electron chi connectivity index (χ0n) is 6.91. The van der Waals surface area contributed by atoms with Crippen LogP contribution in [0.3, 0.4) is 0 Å². The smallest absolute Gasteiger partial charge is 0.177 e. The van der Waals surface area contributed by atoms with Crippen LogP contribution in [0.25, 0.3) is 0 Å². The summed E-state index contributed by atoms with van der Waals surface area (Å²) < 4.78 is 27.6. The maximum atomic E-state index is 11.2. The molecule has 0 aromatic rings. The van der Waals surface area contributed by atoms with Gasteiger partial charge in [0.15, 0.2) is 15.3 Å². The first-order valence-electron chi connectivity index (χ1n) is 3.89. The lowest BCUT2D eigenvalue weighted by atomic mass is 10.3. The lowest BCUT2D eigenvalue weighted by molar-refractivity contribution is 0.0536. The van der Waals surface area contributed by atoms with E-state index in [0.717, 1.165) is 6.42 Å². The van der Waals surface area contributed by atoms with Crippen LogP contribution < -0.4 is 0 Å². The minimum absolute atomic E-state index is 0.00729. The molecule has 0 spiro atoms. The van der Waals surface area contributed by atoms with Crippen molar-refractivity contribution in [1.29, 1.82) is 0 Å². The first-order valence-corrected chi connectivity index (χ1v) is 5.61.